The van der Waals surface area contributed by atoms with Gasteiger partial charge in [0, 0.05) is 24.0 Å². The summed E-state index contributed by atoms with van der Waals surface area (Å²) in [5, 5.41) is 0. The van der Waals surface area contributed by atoms with Gasteiger partial charge < -0.3 is 28.6 Å². The van der Waals surface area contributed by atoms with Crippen LogP contribution in [0.2, 0.25) is 0 Å². The number of methoxy groups -OCH3 is 1. The molecule has 0 saturated carbocycles. The first-order valence-electron chi connectivity index (χ1n) is 16.6. The van der Waals surface area contributed by atoms with Crippen LogP contribution in [0.3, 0.4) is 0 Å². The van der Waals surface area contributed by atoms with Crippen LogP contribution in [-0.4, -0.2) is 45.7 Å². The second kappa shape index (κ2) is 18.6. The highest BCUT2D eigenvalue weighted by atomic mass is 16.7. The van der Waals surface area contributed by atoms with Crippen LogP contribution in [0.5, 0.6) is 11.5 Å². The summed E-state index contributed by atoms with van der Waals surface area (Å²) in [6, 6.07) is 40.6. The standard InChI is InChI=1S/C43H41NO7/c1-32-4-18-38(19-5-32)44(39-20-10-34(11-21-39)6-8-36-14-24-41(47-3)25-15-36)40-22-12-35(13-23-40)7-9-37-16-26-42(27-17-37)51-43(46)50-31-29-48-28-30-49-33(2)45/h4-27H,28-31H2,1-3H3. The third-order valence-electron chi connectivity index (χ3n) is 7.71. The zero-order valence-electron chi connectivity index (χ0n) is 29.0. The van der Waals surface area contributed by atoms with Gasteiger partial charge >= 0.3 is 12.1 Å². The molecule has 0 unspecified atom stereocenters. The fourth-order valence-corrected chi connectivity index (χ4v) is 5.01. The minimum absolute atomic E-state index is 0.0250. The molecule has 5 rings (SSSR count). The predicted molar refractivity (Wildman–Crippen MR) is 203 cm³/mol. The number of aryl methyl sites for hydroxylation is 1. The summed E-state index contributed by atoms with van der Waals surface area (Å²) in [5.74, 6) is 0.838. The zero-order valence-corrected chi connectivity index (χ0v) is 29.0. The number of esters is 1. The fourth-order valence-electron chi connectivity index (χ4n) is 5.01. The molecule has 51 heavy (non-hydrogen) atoms. The molecular weight excluding hydrogens is 642 g/mol. The van der Waals surface area contributed by atoms with E-state index in [0.29, 0.717) is 5.75 Å². The number of benzene rings is 5. The number of hydrogen-bond acceptors (Lipinski definition) is 8. The Labute approximate surface area is 299 Å². The van der Waals surface area contributed by atoms with Crippen LogP contribution in [-0.2, 0) is 19.0 Å². The molecule has 0 spiro atoms. The Balaban J connectivity index is 1.19. The first kappa shape index (κ1) is 36.2. The van der Waals surface area contributed by atoms with Crippen molar-refractivity contribution in [2.75, 3.05) is 38.4 Å². The van der Waals surface area contributed by atoms with E-state index in [-0.39, 0.29) is 32.4 Å². The Morgan fingerprint density at radius 1 is 0.529 bits per heavy atom. The van der Waals surface area contributed by atoms with Gasteiger partial charge in [0.1, 0.15) is 24.7 Å². The Hall–Kier alpha value is -6.12. The number of hydrogen-bond donors (Lipinski definition) is 0. The minimum Gasteiger partial charge on any atom is -0.497 e. The Morgan fingerprint density at radius 2 is 0.922 bits per heavy atom. The summed E-state index contributed by atoms with van der Waals surface area (Å²) in [6.45, 7) is 3.99. The summed E-state index contributed by atoms with van der Waals surface area (Å²) in [6.07, 6.45) is 7.42. The normalized spacial score (nSPS) is 11.0. The van der Waals surface area contributed by atoms with Gasteiger partial charge in [0.15, 0.2) is 0 Å². The van der Waals surface area contributed by atoms with Gasteiger partial charge in [0.05, 0.1) is 20.3 Å². The first-order chi connectivity index (χ1) is 24.9. The van der Waals surface area contributed by atoms with Crippen molar-refractivity contribution in [3.05, 3.63) is 149 Å². The molecule has 0 radical (unpaired) electrons. The Morgan fingerprint density at radius 3 is 1.35 bits per heavy atom. The molecule has 0 atom stereocenters. The molecule has 0 amide bonds. The highest BCUT2D eigenvalue weighted by Gasteiger charge is 2.12. The van der Waals surface area contributed by atoms with Crippen LogP contribution in [0.1, 0.15) is 34.7 Å². The molecule has 0 saturated heterocycles. The Bertz CT molecular complexity index is 1900. The van der Waals surface area contributed by atoms with Crippen LogP contribution in [0.25, 0.3) is 24.3 Å². The Kier molecular flexibility index (Phi) is 13.2. The highest BCUT2D eigenvalue weighted by Crippen LogP contribution is 2.35. The van der Waals surface area contributed by atoms with Crippen molar-refractivity contribution in [2.45, 2.75) is 13.8 Å². The van der Waals surface area contributed by atoms with Crippen molar-refractivity contribution in [1.82, 2.24) is 0 Å². The molecule has 0 bridgehead atoms. The lowest BCUT2D eigenvalue weighted by atomic mass is 10.1. The van der Waals surface area contributed by atoms with Gasteiger partial charge in [-0.2, -0.15) is 0 Å². The monoisotopic (exact) mass is 683 g/mol. The van der Waals surface area contributed by atoms with Crippen molar-refractivity contribution >= 4 is 53.5 Å². The highest BCUT2D eigenvalue weighted by molar-refractivity contribution is 5.79. The molecule has 0 N–H and O–H groups in total. The molecule has 0 fully saturated rings. The van der Waals surface area contributed by atoms with Gasteiger partial charge in [-0.3, -0.25) is 4.79 Å². The van der Waals surface area contributed by atoms with E-state index in [9.17, 15) is 9.59 Å². The second-order valence-electron chi connectivity index (χ2n) is 11.5. The van der Waals surface area contributed by atoms with Crippen molar-refractivity contribution in [1.29, 1.82) is 0 Å². The molecule has 0 aliphatic carbocycles. The molecule has 260 valence electrons. The largest absolute Gasteiger partial charge is 0.513 e. The van der Waals surface area contributed by atoms with Gasteiger partial charge in [0.2, 0.25) is 0 Å². The number of rotatable bonds is 15. The topological polar surface area (TPSA) is 83.5 Å². The average molecular weight is 684 g/mol. The van der Waals surface area contributed by atoms with Gasteiger partial charge in [-0.25, -0.2) is 4.79 Å². The van der Waals surface area contributed by atoms with Gasteiger partial charge in [-0.05, 0) is 89.8 Å². The molecular formula is C43H41NO7. The van der Waals surface area contributed by atoms with Crippen LogP contribution in [0.4, 0.5) is 21.9 Å². The van der Waals surface area contributed by atoms with E-state index in [1.54, 1.807) is 19.2 Å². The predicted octanol–water partition coefficient (Wildman–Crippen LogP) is 9.91. The van der Waals surface area contributed by atoms with E-state index in [0.717, 1.165) is 45.1 Å². The fraction of sp³-hybridized carbons (Fsp3) is 0.163. The molecule has 8 heteroatoms. The summed E-state index contributed by atoms with van der Waals surface area (Å²) < 4.78 is 25.5. The lowest BCUT2D eigenvalue weighted by molar-refractivity contribution is -0.142. The summed E-state index contributed by atoms with van der Waals surface area (Å²) in [4.78, 5) is 24.9. The second-order valence-corrected chi connectivity index (χ2v) is 11.5. The molecule has 0 aliphatic heterocycles. The van der Waals surface area contributed by atoms with Crippen molar-refractivity contribution in [2.24, 2.45) is 0 Å². The molecule has 8 nitrogen and oxygen atoms in total. The quantitative estimate of drug-likeness (QED) is 0.0467. The molecule has 5 aromatic carbocycles. The van der Waals surface area contributed by atoms with Crippen LogP contribution in [0.15, 0.2) is 121 Å². The van der Waals surface area contributed by atoms with Crippen LogP contribution < -0.4 is 14.4 Å². The minimum atomic E-state index is -0.820. The van der Waals surface area contributed by atoms with Gasteiger partial charge in [-0.1, -0.05) is 90.5 Å². The van der Waals surface area contributed by atoms with E-state index < -0.39 is 6.16 Å². The molecule has 0 aromatic heterocycles. The van der Waals surface area contributed by atoms with E-state index in [1.807, 2.05) is 48.6 Å². The van der Waals surface area contributed by atoms with Crippen molar-refractivity contribution < 1.29 is 33.3 Å². The zero-order chi connectivity index (χ0) is 35.8. The van der Waals surface area contributed by atoms with E-state index in [1.165, 1.54) is 12.5 Å². The lowest BCUT2D eigenvalue weighted by Crippen LogP contribution is -2.16. The summed E-state index contributed by atoms with van der Waals surface area (Å²) in [7, 11) is 1.67. The summed E-state index contributed by atoms with van der Waals surface area (Å²) >= 11 is 0. The third kappa shape index (κ3) is 11.5. The van der Waals surface area contributed by atoms with E-state index in [2.05, 4.69) is 96.8 Å². The number of carbonyl (C=O) groups excluding carboxylic acids is 2. The number of anilines is 3. The number of carbonyl (C=O) groups is 2. The molecule has 5 aromatic rings. The maximum atomic E-state index is 12.0. The average Bonchev–Trinajstić information content (AvgIpc) is 3.15. The van der Waals surface area contributed by atoms with Crippen molar-refractivity contribution in [3.63, 3.8) is 0 Å². The lowest BCUT2D eigenvalue weighted by Gasteiger charge is -2.26. The van der Waals surface area contributed by atoms with Crippen molar-refractivity contribution in [3.8, 4) is 11.5 Å². The van der Waals surface area contributed by atoms with Crippen LogP contribution in [0, 0.1) is 6.92 Å². The van der Waals surface area contributed by atoms with Crippen LogP contribution >= 0.6 is 0 Å². The maximum absolute atomic E-state index is 12.0. The van der Waals surface area contributed by atoms with Gasteiger partial charge in [0.25, 0.3) is 0 Å². The number of nitrogens with zero attached hydrogens (tertiary/aromatic N) is 1. The first-order valence-corrected chi connectivity index (χ1v) is 16.6. The third-order valence-corrected chi connectivity index (χ3v) is 7.71. The molecule has 0 heterocycles. The maximum Gasteiger partial charge on any atom is 0.513 e. The SMILES string of the molecule is COc1ccc(C=Cc2ccc(N(c3ccc(C)cc3)c3ccc(C=Cc4ccc(OC(=O)OCCOCCOC(C)=O)cc4)cc3)cc2)cc1. The smallest absolute Gasteiger partial charge is 0.497 e. The van der Waals surface area contributed by atoms with E-state index in [4.69, 9.17) is 23.7 Å². The van der Waals surface area contributed by atoms with E-state index >= 15 is 0 Å². The molecule has 0 aliphatic rings. The summed E-state index contributed by atoms with van der Waals surface area (Å²) in [5.41, 5.74) is 8.57. The number of ether oxygens (including phenoxy) is 5. The van der Waals surface area contributed by atoms with Gasteiger partial charge in [-0.15, -0.1) is 0 Å².